The van der Waals surface area contributed by atoms with Crippen LogP contribution in [-0.4, -0.2) is 42.1 Å². The highest BCUT2D eigenvalue weighted by atomic mass is 35.5. The molecule has 5 rings (SSSR count). The van der Waals surface area contributed by atoms with E-state index in [1.54, 1.807) is 38.1 Å². The smallest absolute Gasteiger partial charge is 0.335 e. The lowest BCUT2D eigenvalue weighted by Gasteiger charge is -2.37. The van der Waals surface area contributed by atoms with Crippen molar-refractivity contribution in [2.75, 3.05) is 17.7 Å². The van der Waals surface area contributed by atoms with Gasteiger partial charge in [-0.25, -0.2) is 9.18 Å². The molecule has 1 fully saturated rings. The molecule has 43 heavy (non-hydrogen) atoms. The van der Waals surface area contributed by atoms with Gasteiger partial charge in [0, 0.05) is 22.7 Å². The minimum Gasteiger partial charge on any atom is -0.495 e. The predicted molar refractivity (Wildman–Crippen MR) is 159 cm³/mol. The number of carbonyl (C=O) groups is 3. The van der Waals surface area contributed by atoms with Gasteiger partial charge in [-0.3, -0.25) is 9.59 Å². The normalized spacial score (nSPS) is 22.5. The summed E-state index contributed by atoms with van der Waals surface area (Å²) in [7, 11) is 1.33. The lowest BCUT2D eigenvalue weighted by atomic mass is 9.62. The number of hydrogen-bond acceptors (Lipinski definition) is 6. The van der Waals surface area contributed by atoms with Gasteiger partial charge in [0.15, 0.2) is 0 Å². The van der Waals surface area contributed by atoms with Gasteiger partial charge in [-0.15, -0.1) is 0 Å². The molecule has 12 heteroatoms. The number of carboxylic acids is 1. The third kappa shape index (κ3) is 5.07. The maximum absolute atomic E-state index is 15.9. The first-order valence-corrected chi connectivity index (χ1v) is 14.0. The molecule has 0 unspecified atom stereocenters. The van der Waals surface area contributed by atoms with E-state index in [1.165, 1.54) is 37.4 Å². The second-order valence-corrected chi connectivity index (χ2v) is 12.1. The van der Waals surface area contributed by atoms with E-state index >= 15 is 4.39 Å². The molecule has 0 bridgehead atoms. The number of nitriles is 1. The fraction of sp³-hybridized carbons (Fsp3) is 0.290. The Kier molecular flexibility index (Phi) is 7.86. The molecular formula is C31H27Cl2FN4O5. The zero-order chi connectivity index (χ0) is 31.3. The topological polar surface area (TPSA) is 141 Å². The summed E-state index contributed by atoms with van der Waals surface area (Å²) in [5.41, 5.74) is -1.44. The first-order valence-electron chi connectivity index (χ1n) is 13.3. The van der Waals surface area contributed by atoms with Gasteiger partial charge >= 0.3 is 5.97 Å². The van der Waals surface area contributed by atoms with Crippen LogP contribution in [0.1, 0.15) is 47.7 Å². The molecule has 0 aromatic heterocycles. The Hall–Kier alpha value is -4.17. The summed E-state index contributed by atoms with van der Waals surface area (Å²) in [6, 6.07) is 13.4. The van der Waals surface area contributed by atoms with E-state index in [-0.39, 0.29) is 34.0 Å². The van der Waals surface area contributed by atoms with E-state index in [4.69, 9.17) is 27.9 Å². The van der Waals surface area contributed by atoms with Gasteiger partial charge in [0.2, 0.25) is 11.8 Å². The summed E-state index contributed by atoms with van der Waals surface area (Å²) < 4.78 is 21.2. The Balaban J connectivity index is 1.71. The van der Waals surface area contributed by atoms with Crippen LogP contribution in [0.15, 0.2) is 54.6 Å². The highest BCUT2D eigenvalue weighted by molar-refractivity contribution is 6.31. The van der Waals surface area contributed by atoms with E-state index in [0.29, 0.717) is 16.3 Å². The molecule has 222 valence electrons. The Labute approximate surface area is 256 Å². The third-order valence-corrected chi connectivity index (χ3v) is 8.65. The number of ether oxygens (including phenoxy) is 1. The predicted octanol–water partition coefficient (Wildman–Crippen LogP) is 5.73. The summed E-state index contributed by atoms with van der Waals surface area (Å²) in [6.45, 7) is 3.44. The number of benzene rings is 3. The van der Waals surface area contributed by atoms with Crippen molar-refractivity contribution in [3.63, 3.8) is 0 Å². The first-order chi connectivity index (χ1) is 20.3. The summed E-state index contributed by atoms with van der Waals surface area (Å²) in [5, 5.41) is 28.4. The molecular weight excluding hydrogens is 598 g/mol. The second kappa shape index (κ2) is 11.2. The van der Waals surface area contributed by atoms with Crippen molar-refractivity contribution >= 4 is 52.4 Å². The number of carboxylic acid groups (broad SMARTS) is 1. The minimum atomic E-state index is -1.56. The van der Waals surface area contributed by atoms with Crippen molar-refractivity contribution in [2.45, 2.75) is 43.7 Å². The molecule has 2 heterocycles. The molecule has 3 aromatic carbocycles. The van der Waals surface area contributed by atoms with E-state index in [2.05, 4.69) is 22.0 Å². The number of rotatable bonds is 7. The lowest BCUT2D eigenvalue weighted by Crippen LogP contribution is -2.50. The van der Waals surface area contributed by atoms with Gasteiger partial charge < -0.3 is 25.8 Å². The van der Waals surface area contributed by atoms with Crippen molar-refractivity contribution in [1.29, 1.82) is 5.26 Å². The largest absolute Gasteiger partial charge is 0.495 e. The molecule has 1 spiro atoms. The van der Waals surface area contributed by atoms with Crippen LogP contribution < -0.4 is 20.7 Å². The molecule has 2 aliphatic rings. The summed E-state index contributed by atoms with van der Waals surface area (Å²) >= 11 is 12.5. The van der Waals surface area contributed by atoms with Crippen LogP contribution in [0.3, 0.4) is 0 Å². The minimum absolute atomic E-state index is 0.0311. The van der Waals surface area contributed by atoms with Crippen molar-refractivity contribution in [2.24, 2.45) is 5.41 Å². The van der Waals surface area contributed by atoms with Gasteiger partial charge in [0.05, 0.1) is 40.9 Å². The van der Waals surface area contributed by atoms with E-state index in [1.807, 2.05) is 0 Å². The molecule has 2 amide bonds. The molecule has 0 aliphatic carbocycles. The number of fused-ring (bicyclic) bond motifs is 2. The Morgan fingerprint density at radius 3 is 2.60 bits per heavy atom. The molecule has 0 saturated carbocycles. The first kappa shape index (κ1) is 30.3. The number of aromatic carboxylic acids is 1. The van der Waals surface area contributed by atoms with E-state index in [9.17, 15) is 24.8 Å². The SMILES string of the molecule is COc1cc(C(=O)O)ccc1NC(=O)[C@@H]1N[C@@H](CC(C)(C)C#N)[C@@]2(C(=O)Nc3cc(Cl)ccc32)[C@H]1c1cccc(Cl)c1F. The van der Waals surface area contributed by atoms with Gasteiger partial charge in [-0.2, -0.15) is 5.26 Å². The average molecular weight is 625 g/mol. The maximum Gasteiger partial charge on any atom is 0.335 e. The molecule has 4 atom stereocenters. The van der Waals surface area contributed by atoms with Crippen molar-refractivity contribution in [3.8, 4) is 11.8 Å². The number of amides is 2. The number of nitrogens with one attached hydrogen (secondary N) is 3. The molecule has 4 N–H and O–H groups in total. The van der Waals surface area contributed by atoms with Gasteiger partial charge in [-0.1, -0.05) is 41.4 Å². The monoisotopic (exact) mass is 624 g/mol. The Morgan fingerprint density at radius 1 is 1.19 bits per heavy atom. The van der Waals surface area contributed by atoms with Crippen LogP contribution >= 0.6 is 23.2 Å². The summed E-state index contributed by atoms with van der Waals surface area (Å²) in [5.74, 6) is -4.14. The van der Waals surface area contributed by atoms with Crippen LogP contribution in [0.2, 0.25) is 10.0 Å². The number of anilines is 2. The molecule has 3 aromatic rings. The van der Waals surface area contributed by atoms with Crippen LogP contribution in [0.4, 0.5) is 15.8 Å². The highest BCUT2D eigenvalue weighted by Gasteiger charge is 2.66. The summed E-state index contributed by atoms with van der Waals surface area (Å²) in [4.78, 5) is 39.8. The van der Waals surface area contributed by atoms with Crippen LogP contribution in [-0.2, 0) is 15.0 Å². The van der Waals surface area contributed by atoms with Crippen LogP contribution in [0, 0.1) is 22.6 Å². The van der Waals surface area contributed by atoms with Gasteiger partial charge in [0.1, 0.15) is 17.0 Å². The van der Waals surface area contributed by atoms with Crippen molar-refractivity contribution in [1.82, 2.24) is 5.32 Å². The molecule has 9 nitrogen and oxygen atoms in total. The number of hydrogen-bond donors (Lipinski definition) is 4. The number of methoxy groups -OCH3 is 1. The van der Waals surface area contributed by atoms with Crippen molar-refractivity contribution in [3.05, 3.63) is 87.2 Å². The average Bonchev–Trinajstić information content (AvgIpc) is 3.44. The number of carbonyl (C=O) groups excluding carboxylic acids is 2. The molecule has 1 saturated heterocycles. The van der Waals surface area contributed by atoms with Crippen LogP contribution in [0.25, 0.3) is 0 Å². The lowest BCUT2D eigenvalue weighted by molar-refractivity contribution is -0.122. The van der Waals surface area contributed by atoms with Gasteiger partial charge in [0.25, 0.3) is 0 Å². The zero-order valence-corrected chi connectivity index (χ0v) is 24.8. The molecule has 0 radical (unpaired) electrons. The fourth-order valence-corrected chi connectivity index (χ4v) is 6.59. The standard InChI is InChI=1S/C31H27Cl2FN4O5/c1-30(2,14-35)13-23-31(18-9-8-16(32)12-21(18)37-29(31)42)24(17-5-4-6-19(33)25(17)34)26(38-23)27(39)36-20-10-7-15(28(40)41)11-22(20)43-3/h4-12,23-24,26,38H,13H2,1-3H3,(H,36,39)(H,37,42)(H,40,41)/t23-,24-,26+,31+/m0/s1. The quantitative estimate of drug-likeness (QED) is 0.263. The van der Waals surface area contributed by atoms with Crippen LogP contribution in [0.5, 0.6) is 5.75 Å². The molecule has 2 aliphatic heterocycles. The maximum atomic E-state index is 15.9. The number of nitrogens with zero attached hydrogens (tertiary/aromatic N) is 1. The van der Waals surface area contributed by atoms with E-state index < -0.39 is 52.4 Å². The van der Waals surface area contributed by atoms with Crippen molar-refractivity contribution < 1.29 is 28.6 Å². The highest BCUT2D eigenvalue weighted by Crippen LogP contribution is 2.57. The summed E-state index contributed by atoms with van der Waals surface area (Å²) in [6.07, 6.45) is 0.123. The fourth-order valence-electron chi connectivity index (χ4n) is 6.23. The van der Waals surface area contributed by atoms with Gasteiger partial charge in [-0.05, 0) is 67.8 Å². The zero-order valence-electron chi connectivity index (χ0n) is 23.3. The number of halogens is 3. The third-order valence-electron chi connectivity index (χ3n) is 8.13. The second-order valence-electron chi connectivity index (χ2n) is 11.2. The Morgan fingerprint density at radius 2 is 1.93 bits per heavy atom. The van der Waals surface area contributed by atoms with E-state index in [0.717, 1.165) is 0 Å². The Bertz CT molecular complexity index is 1710.